The zero-order valence-electron chi connectivity index (χ0n) is 8.45. The summed E-state index contributed by atoms with van der Waals surface area (Å²) in [6, 6.07) is -0.105. The van der Waals surface area contributed by atoms with E-state index < -0.39 is 0 Å². The van der Waals surface area contributed by atoms with Crippen molar-refractivity contribution >= 4 is 5.91 Å². The van der Waals surface area contributed by atoms with Crippen molar-refractivity contribution in [1.82, 2.24) is 15.3 Å². The fourth-order valence-corrected chi connectivity index (χ4v) is 1.05. The number of amides is 1. The number of rotatable bonds is 4. The highest BCUT2D eigenvalue weighted by Gasteiger charge is 2.15. The quantitative estimate of drug-likeness (QED) is 0.642. The summed E-state index contributed by atoms with van der Waals surface area (Å²) in [5.41, 5.74) is 5.38. The van der Waals surface area contributed by atoms with Gasteiger partial charge in [-0.1, -0.05) is 6.92 Å². The summed E-state index contributed by atoms with van der Waals surface area (Å²) in [5.74, 6) is 0.548. The minimum absolute atomic E-state index is 0.0450. The topological polar surface area (TPSA) is 83.8 Å². The summed E-state index contributed by atoms with van der Waals surface area (Å²) in [7, 11) is 0. The number of imidazole rings is 1. The van der Waals surface area contributed by atoms with Gasteiger partial charge in [0.2, 0.25) is 5.91 Å². The number of nitrogens with zero attached hydrogens (tertiary/aromatic N) is 1. The molecule has 78 valence electrons. The molecule has 2 unspecified atom stereocenters. The van der Waals surface area contributed by atoms with Crippen molar-refractivity contribution < 1.29 is 4.79 Å². The lowest BCUT2D eigenvalue weighted by atomic mass is 10.1. The molecule has 0 aromatic carbocycles. The van der Waals surface area contributed by atoms with Crippen LogP contribution in [0.2, 0.25) is 0 Å². The molecule has 1 aromatic heterocycles. The van der Waals surface area contributed by atoms with E-state index >= 15 is 0 Å². The summed E-state index contributed by atoms with van der Waals surface area (Å²) in [5, 5.41) is 2.82. The molecular weight excluding hydrogens is 180 g/mol. The third-order valence-electron chi connectivity index (χ3n) is 2.09. The summed E-state index contributed by atoms with van der Waals surface area (Å²) < 4.78 is 0. The predicted molar refractivity (Wildman–Crippen MR) is 53.4 cm³/mol. The molecule has 0 aliphatic rings. The van der Waals surface area contributed by atoms with Crippen LogP contribution in [0.25, 0.3) is 0 Å². The van der Waals surface area contributed by atoms with Gasteiger partial charge in [-0.2, -0.15) is 0 Å². The maximum absolute atomic E-state index is 11.4. The average molecular weight is 196 g/mol. The van der Waals surface area contributed by atoms with Gasteiger partial charge in [0, 0.05) is 24.9 Å². The molecule has 1 amide bonds. The Kier molecular flexibility index (Phi) is 3.64. The number of nitrogens with one attached hydrogen (secondary N) is 2. The summed E-state index contributed by atoms with van der Waals surface area (Å²) in [6.07, 6.45) is 3.38. The van der Waals surface area contributed by atoms with Crippen molar-refractivity contribution in [1.29, 1.82) is 0 Å². The standard InChI is InChI=1S/C9H16N4O/c1-6(5-10)9(14)13-7(2)8-11-3-4-12-8/h3-4,6-7H,5,10H2,1-2H3,(H,11,12)(H,13,14). The molecule has 5 nitrogen and oxygen atoms in total. The third-order valence-corrected chi connectivity index (χ3v) is 2.09. The summed E-state index contributed by atoms with van der Waals surface area (Å²) in [6.45, 7) is 4.03. The smallest absolute Gasteiger partial charge is 0.224 e. The van der Waals surface area contributed by atoms with E-state index in [0.717, 1.165) is 5.82 Å². The van der Waals surface area contributed by atoms with E-state index in [9.17, 15) is 4.79 Å². The molecule has 0 saturated carbocycles. The van der Waals surface area contributed by atoms with E-state index in [2.05, 4.69) is 15.3 Å². The SMILES string of the molecule is CC(CN)C(=O)NC(C)c1ncc[nH]1. The van der Waals surface area contributed by atoms with Crippen molar-refractivity contribution in [2.75, 3.05) is 6.54 Å². The highest BCUT2D eigenvalue weighted by molar-refractivity contribution is 5.78. The molecule has 0 bridgehead atoms. The van der Waals surface area contributed by atoms with Gasteiger partial charge in [0.1, 0.15) is 5.82 Å². The van der Waals surface area contributed by atoms with E-state index in [-0.39, 0.29) is 17.9 Å². The van der Waals surface area contributed by atoms with Gasteiger partial charge < -0.3 is 16.0 Å². The molecule has 14 heavy (non-hydrogen) atoms. The molecule has 0 saturated heterocycles. The van der Waals surface area contributed by atoms with Crippen LogP contribution in [0.5, 0.6) is 0 Å². The van der Waals surface area contributed by atoms with Crippen LogP contribution in [0.3, 0.4) is 0 Å². The van der Waals surface area contributed by atoms with Crippen LogP contribution in [0.4, 0.5) is 0 Å². The number of hydrogen-bond donors (Lipinski definition) is 3. The summed E-state index contributed by atoms with van der Waals surface area (Å²) in [4.78, 5) is 18.4. The number of hydrogen-bond acceptors (Lipinski definition) is 3. The Hall–Kier alpha value is -1.36. The fraction of sp³-hybridized carbons (Fsp3) is 0.556. The number of carbonyl (C=O) groups is 1. The Bertz CT molecular complexity index is 283. The first-order valence-electron chi connectivity index (χ1n) is 4.65. The number of carbonyl (C=O) groups excluding carboxylic acids is 1. The molecule has 0 spiro atoms. The van der Waals surface area contributed by atoms with E-state index in [0.29, 0.717) is 6.54 Å². The van der Waals surface area contributed by atoms with Gasteiger partial charge in [0.15, 0.2) is 0 Å². The number of H-pyrrole nitrogens is 1. The van der Waals surface area contributed by atoms with Gasteiger partial charge in [-0.15, -0.1) is 0 Å². The molecule has 0 fully saturated rings. The first-order valence-corrected chi connectivity index (χ1v) is 4.65. The second-order valence-electron chi connectivity index (χ2n) is 3.34. The monoisotopic (exact) mass is 196 g/mol. The van der Waals surface area contributed by atoms with Crippen molar-refractivity contribution in [2.45, 2.75) is 19.9 Å². The second kappa shape index (κ2) is 4.76. The number of aromatic nitrogens is 2. The van der Waals surface area contributed by atoms with Crippen molar-refractivity contribution in [3.05, 3.63) is 18.2 Å². The van der Waals surface area contributed by atoms with Crippen LogP contribution in [0.15, 0.2) is 12.4 Å². The minimum Gasteiger partial charge on any atom is -0.347 e. The largest absolute Gasteiger partial charge is 0.347 e. The predicted octanol–water partition coefficient (Wildman–Crippen LogP) is 0.182. The molecular formula is C9H16N4O. The number of aromatic amines is 1. The Morgan fingerprint density at radius 3 is 2.93 bits per heavy atom. The lowest BCUT2D eigenvalue weighted by Crippen LogP contribution is -2.35. The fourth-order valence-electron chi connectivity index (χ4n) is 1.05. The lowest BCUT2D eigenvalue weighted by molar-refractivity contribution is -0.124. The van der Waals surface area contributed by atoms with Gasteiger partial charge in [0.25, 0.3) is 0 Å². The van der Waals surface area contributed by atoms with Gasteiger partial charge in [-0.05, 0) is 6.92 Å². The van der Waals surface area contributed by atoms with E-state index in [1.807, 2.05) is 6.92 Å². The molecule has 5 heteroatoms. The minimum atomic E-state index is -0.160. The Morgan fingerprint density at radius 1 is 1.71 bits per heavy atom. The zero-order chi connectivity index (χ0) is 10.6. The average Bonchev–Trinajstić information content (AvgIpc) is 2.69. The zero-order valence-corrected chi connectivity index (χ0v) is 8.45. The Balaban J connectivity index is 2.49. The van der Waals surface area contributed by atoms with Gasteiger partial charge in [-0.25, -0.2) is 4.98 Å². The van der Waals surface area contributed by atoms with Crippen LogP contribution < -0.4 is 11.1 Å². The Morgan fingerprint density at radius 2 is 2.43 bits per heavy atom. The third kappa shape index (κ3) is 2.56. The first-order chi connectivity index (χ1) is 6.65. The van der Waals surface area contributed by atoms with Crippen LogP contribution >= 0.6 is 0 Å². The van der Waals surface area contributed by atoms with Crippen LogP contribution in [-0.2, 0) is 4.79 Å². The molecule has 1 heterocycles. The normalized spacial score (nSPS) is 14.8. The van der Waals surface area contributed by atoms with Crippen molar-refractivity contribution in [3.8, 4) is 0 Å². The molecule has 2 atom stereocenters. The van der Waals surface area contributed by atoms with E-state index in [4.69, 9.17) is 5.73 Å². The molecule has 1 rings (SSSR count). The maximum atomic E-state index is 11.4. The highest BCUT2D eigenvalue weighted by Crippen LogP contribution is 2.06. The Labute approximate surface area is 83.1 Å². The molecule has 1 aromatic rings. The molecule has 0 aliphatic heterocycles. The highest BCUT2D eigenvalue weighted by atomic mass is 16.1. The van der Waals surface area contributed by atoms with E-state index in [1.54, 1.807) is 19.3 Å². The first kappa shape index (κ1) is 10.7. The van der Waals surface area contributed by atoms with Crippen molar-refractivity contribution in [3.63, 3.8) is 0 Å². The van der Waals surface area contributed by atoms with Gasteiger partial charge in [0.05, 0.1) is 6.04 Å². The van der Waals surface area contributed by atoms with Crippen LogP contribution in [0, 0.1) is 5.92 Å². The summed E-state index contributed by atoms with van der Waals surface area (Å²) >= 11 is 0. The second-order valence-corrected chi connectivity index (χ2v) is 3.34. The van der Waals surface area contributed by atoms with Crippen LogP contribution in [-0.4, -0.2) is 22.4 Å². The molecule has 0 radical (unpaired) electrons. The van der Waals surface area contributed by atoms with Gasteiger partial charge in [-0.3, -0.25) is 4.79 Å². The molecule has 0 aliphatic carbocycles. The van der Waals surface area contributed by atoms with Gasteiger partial charge >= 0.3 is 0 Å². The lowest BCUT2D eigenvalue weighted by Gasteiger charge is -2.14. The molecule has 4 N–H and O–H groups in total. The van der Waals surface area contributed by atoms with E-state index in [1.165, 1.54) is 0 Å². The van der Waals surface area contributed by atoms with Crippen LogP contribution in [0.1, 0.15) is 25.7 Å². The maximum Gasteiger partial charge on any atom is 0.224 e. The van der Waals surface area contributed by atoms with Crippen molar-refractivity contribution in [2.24, 2.45) is 11.7 Å². The number of nitrogens with two attached hydrogens (primary N) is 1.